The maximum Gasteiger partial charge on any atom is 0.416 e. The van der Waals surface area contributed by atoms with E-state index >= 15 is 0 Å². The molecule has 0 spiro atoms. The molecular formula is C14H10F3NO6S. The van der Waals surface area contributed by atoms with E-state index in [4.69, 9.17) is 4.74 Å². The second-order valence-corrected chi connectivity index (χ2v) is 6.17. The lowest BCUT2D eigenvalue weighted by molar-refractivity contribution is -0.385. The average molecular weight is 377 g/mol. The van der Waals surface area contributed by atoms with Crippen molar-refractivity contribution in [1.82, 2.24) is 0 Å². The monoisotopic (exact) mass is 377 g/mol. The molecule has 0 amide bonds. The van der Waals surface area contributed by atoms with Crippen molar-refractivity contribution >= 4 is 15.8 Å². The Balaban J connectivity index is 2.46. The predicted octanol–water partition coefficient (Wildman–Crippen LogP) is 3.39. The van der Waals surface area contributed by atoms with E-state index in [1.54, 1.807) is 0 Å². The number of nitrogens with zero attached hydrogens (tertiary/aromatic N) is 1. The van der Waals surface area contributed by atoms with E-state index in [-0.39, 0.29) is 5.75 Å². The fourth-order valence-electron chi connectivity index (χ4n) is 1.87. The number of alkyl halides is 3. The minimum absolute atomic E-state index is 0.252. The number of benzene rings is 2. The zero-order valence-electron chi connectivity index (χ0n) is 12.5. The van der Waals surface area contributed by atoms with Gasteiger partial charge in [-0.1, -0.05) is 6.07 Å². The van der Waals surface area contributed by atoms with Crippen LogP contribution < -0.4 is 8.92 Å². The Labute approximate surface area is 139 Å². The molecule has 11 heteroatoms. The third-order valence-electron chi connectivity index (χ3n) is 2.99. The maximum atomic E-state index is 12.7. The van der Waals surface area contributed by atoms with Crippen LogP contribution in [0.2, 0.25) is 0 Å². The fraction of sp³-hybridized carbons (Fsp3) is 0.143. The molecule has 0 aromatic heterocycles. The van der Waals surface area contributed by atoms with E-state index in [9.17, 15) is 31.7 Å². The van der Waals surface area contributed by atoms with Gasteiger partial charge in [0.25, 0.3) is 5.69 Å². The van der Waals surface area contributed by atoms with Crippen molar-refractivity contribution < 1.29 is 35.4 Å². The first-order valence-electron chi connectivity index (χ1n) is 6.49. The molecule has 2 aromatic rings. The van der Waals surface area contributed by atoms with Crippen LogP contribution in [0.25, 0.3) is 0 Å². The zero-order valence-corrected chi connectivity index (χ0v) is 13.3. The zero-order chi connectivity index (χ0) is 18.8. The number of methoxy groups -OCH3 is 1. The molecule has 25 heavy (non-hydrogen) atoms. The molecule has 0 aliphatic carbocycles. The third kappa shape index (κ3) is 4.18. The van der Waals surface area contributed by atoms with Gasteiger partial charge in [-0.15, -0.1) is 0 Å². The van der Waals surface area contributed by atoms with Crippen LogP contribution in [-0.4, -0.2) is 20.5 Å². The van der Waals surface area contributed by atoms with Crippen molar-refractivity contribution in [2.45, 2.75) is 11.1 Å². The first-order valence-corrected chi connectivity index (χ1v) is 7.89. The summed E-state index contributed by atoms with van der Waals surface area (Å²) < 4.78 is 72.2. The number of rotatable bonds is 5. The first-order chi connectivity index (χ1) is 11.5. The molecule has 0 saturated carbocycles. The molecule has 0 fully saturated rings. The highest BCUT2D eigenvalue weighted by molar-refractivity contribution is 7.87. The molecule has 134 valence electrons. The molecule has 0 N–H and O–H groups in total. The number of hydrogen-bond acceptors (Lipinski definition) is 6. The number of hydrogen-bond donors (Lipinski definition) is 0. The van der Waals surface area contributed by atoms with Crippen molar-refractivity contribution in [2.24, 2.45) is 0 Å². The van der Waals surface area contributed by atoms with Crippen molar-refractivity contribution in [2.75, 3.05) is 7.11 Å². The third-order valence-corrected chi connectivity index (χ3v) is 4.26. The Bertz CT molecular complexity index is 911. The SMILES string of the molecule is COc1ccc([N+](=O)[O-])cc1S(=O)(=O)Oc1cccc(C(F)(F)F)c1. The summed E-state index contributed by atoms with van der Waals surface area (Å²) in [6.45, 7) is 0. The van der Waals surface area contributed by atoms with Gasteiger partial charge < -0.3 is 8.92 Å². The first kappa shape index (κ1) is 18.5. The van der Waals surface area contributed by atoms with Gasteiger partial charge >= 0.3 is 16.3 Å². The molecule has 0 radical (unpaired) electrons. The second-order valence-electron chi connectivity index (χ2n) is 4.66. The standard InChI is InChI=1S/C14H10F3NO6S/c1-23-12-6-5-10(18(19)20)8-13(12)25(21,22)24-11-4-2-3-9(7-11)14(15,16)17/h2-8H,1H3. The van der Waals surface area contributed by atoms with E-state index < -0.39 is 43.1 Å². The van der Waals surface area contributed by atoms with Crippen LogP contribution in [0.4, 0.5) is 18.9 Å². The van der Waals surface area contributed by atoms with Crippen molar-refractivity contribution in [3.63, 3.8) is 0 Å². The van der Waals surface area contributed by atoms with Crippen LogP contribution >= 0.6 is 0 Å². The quantitative estimate of drug-likeness (QED) is 0.450. The normalized spacial score (nSPS) is 11.8. The largest absolute Gasteiger partial charge is 0.495 e. The van der Waals surface area contributed by atoms with Crippen LogP contribution in [-0.2, 0) is 16.3 Å². The van der Waals surface area contributed by atoms with Crippen LogP contribution in [0.1, 0.15) is 5.56 Å². The van der Waals surface area contributed by atoms with Crippen molar-refractivity contribution in [3.05, 3.63) is 58.1 Å². The molecule has 0 bridgehead atoms. The molecule has 0 atom stereocenters. The highest BCUT2D eigenvalue weighted by atomic mass is 32.2. The van der Waals surface area contributed by atoms with Gasteiger partial charge in [-0.2, -0.15) is 21.6 Å². The highest BCUT2D eigenvalue weighted by Crippen LogP contribution is 2.34. The summed E-state index contributed by atoms with van der Waals surface area (Å²) in [5.41, 5.74) is -1.65. The van der Waals surface area contributed by atoms with E-state index in [1.807, 2.05) is 0 Å². The van der Waals surface area contributed by atoms with E-state index in [1.165, 1.54) is 0 Å². The molecule has 2 rings (SSSR count). The van der Waals surface area contributed by atoms with Gasteiger partial charge in [-0.25, -0.2) is 0 Å². The molecular weight excluding hydrogens is 367 g/mol. The summed E-state index contributed by atoms with van der Waals surface area (Å²) in [6, 6.07) is 5.98. The molecule has 0 unspecified atom stereocenters. The molecule has 2 aromatic carbocycles. The number of non-ortho nitro benzene ring substituents is 1. The smallest absolute Gasteiger partial charge is 0.416 e. The van der Waals surface area contributed by atoms with Crippen LogP contribution in [0, 0.1) is 10.1 Å². The molecule has 0 heterocycles. The van der Waals surface area contributed by atoms with E-state index in [0.717, 1.165) is 37.4 Å². The number of ether oxygens (including phenoxy) is 1. The van der Waals surface area contributed by atoms with Crippen LogP contribution in [0.15, 0.2) is 47.4 Å². The summed E-state index contributed by atoms with van der Waals surface area (Å²) in [7, 11) is -3.54. The lowest BCUT2D eigenvalue weighted by Crippen LogP contribution is -2.12. The highest BCUT2D eigenvalue weighted by Gasteiger charge is 2.31. The van der Waals surface area contributed by atoms with Crippen molar-refractivity contribution in [3.8, 4) is 11.5 Å². The number of nitro groups is 1. The topological polar surface area (TPSA) is 95.7 Å². The van der Waals surface area contributed by atoms with Gasteiger partial charge in [-0.3, -0.25) is 10.1 Å². The molecule has 7 nitrogen and oxygen atoms in total. The van der Waals surface area contributed by atoms with E-state index in [0.29, 0.717) is 12.1 Å². The summed E-state index contributed by atoms with van der Waals surface area (Å²) in [5.74, 6) is -0.846. The van der Waals surface area contributed by atoms with Gasteiger partial charge in [0.2, 0.25) is 0 Å². The Kier molecular flexibility index (Phi) is 4.88. The Hall–Kier alpha value is -2.82. The molecule has 0 saturated heterocycles. The second kappa shape index (κ2) is 6.59. The Morgan fingerprint density at radius 2 is 1.80 bits per heavy atom. The van der Waals surface area contributed by atoms with Crippen LogP contribution in [0.3, 0.4) is 0 Å². The lowest BCUT2D eigenvalue weighted by atomic mass is 10.2. The van der Waals surface area contributed by atoms with Gasteiger partial charge in [0, 0.05) is 12.1 Å². The molecule has 0 aliphatic rings. The van der Waals surface area contributed by atoms with Gasteiger partial charge in [0.15, 0.2) is 4.90 Å². The average Bonchev–Trinajstić information content (AvgIpc) is 2.53. The summed E-state index contributed by atoms with van der Waals surface area (Å²) >= 11 is 0. The number of halogens is 3. The number of nitro benzene ring substituents is 1. The van der Waals surface area contributed by atoms with E-state index in [2.05, 4.69) is 4.18 Å². The maximum absolute atomic E-state index is 12.7. The van der Waals surface area contributed by atoms with Crippen LogP contribution in [0.5, 0.6) is 11.5 Å². The minimum Gasteiger partial charge on any atom is -0.495 e. The minimum atomic E-state index is -4.69. The summed E-state index contributed by atoms with van der Waals surface area (Å²) in [5, 5.41) is 10.8. The molecule has 0 aliphatic heterocycles. The predicted molar refractivity (Wildman–Crippen MR) is 78.9 cm³/mol. The fourth-order valence-corrected chi connectivity index (χ4v) is 2.98. The summed E-state index contributed by atoms with van der Waals surface area (Å²) in [4.78, 5) is 9.29. The van der Waals surface area contributed by atoms with Gasteiger partial charge in [-0.05, 0) is 24.3 Å². The van der Waals surface area contributed by atoms with Crippen molar-refractivity contribution in [1.29, 1.82) is 0 Å². The van der Waals surface area contributed by atoms with Gasteiger partial charge in [0.05, 0.1) is 17.6 Å². The van der Waals surface area contributed by atoms with Gasteiger partial charge in [0.1, 0.15) is 11.5 Å². The summed E-state index contributed by atoms with van der Waals surface area (Å²) in [6.07, 6.45) is -4.69. The Morgan fingerprint density at radius 1 is 1.12 bits per heavy atom. The Morgan fingerprint density at radius 3 is 2.36 bits per heavy atom. The lowest BCUT2D eigenvalue weighted by Gasteiger charge is -2.12.